The van der Waals surface area contributed by atoms with E-state index in [-0.39, 0.29) is 0 Å². The minimum absolute atomic E-state index is 0.474. The Labute approximate surface area is 293 Å². The van der Waals surface area contributed by atoms with Crippen LogP contribution in [0.15, 0.2) is 200 Å². The van der Waals surface area contributed by atoms with E-state index in [0.29, 0.717) is 5.71 Å². The second-order valence-corrected chi connectivity index (χ2v) is 12.4. The van der Waals surface area contributed by atoms with E-state index in [0.717, 1.165) is 66.7 Å². The number of hydrogen-bond donors (Lipinski definition) is 1. The highest BCUT2D eigenvalue weighted by molar-refractivity contribution is 6.13. The maximum atomic E-state index is 9.03. The van der Waals surface area contributed by atoms with Crippen molar-refractivity contribution in [2.45, 2.75) is 0 Å². The summed E-state index contributed by atoms with van der Waals surface area (Å²) in [5, 5.41) is 11.3. The van der Waals surface area contributed by atoms with Gasteiger partial charge in [0.15, 0.2) is 0 Å². The average Bonchev–Trinajstić information content (AvgIpc) is 3.20. The summed E-state index contributed by atoms with van der Waals surface area (Å²) < 4.78 is 0. The van der Waals surface area contributed by atoms with Gasteiger partial charge in [-0.15, -0.1) is 0 Å². The van der Waals surface area contributed by atoms with Gasteiger partial charge in [0, 0.05) is 11.1 Å². The van der Waals surface area contributed by atoms with Gasteiger partial charge in [-0.05, 0) is 79.6 Å². The van der Waals surface area contributed by atoms with E-state index in [1.165, 1.54) is 11.1 Å². The summed E-state index contributed by atoms with van der Waals surface area (Å²) in [5.74, 6) is 0. The monoisotopic (exact) mass is 638 g/mol. The number of aromatic nitrogens is 1. The van der Waals surface area contributed by atoms with Crippen molar-refractivity contribution in [1.82, 2.24) is 4.98 Å². The van der Waals surface area contributed by atoms with Crippen LogP contribution in [-0.2, 0) is 0 Å². The van der Waals surface area contributed by atoms with Gasteiger partial charge in [0.25, 0.3) is 0 Å². The number of pyridine rings is 1. The minimum atomic E-state index is 0.474. The molecule has 236 valence electrons. The summed E-state index contributed by atoms with van der Waals surface area (Å²) in [4.78, 5) is 5.18. The van der Waals surface area contributed by atoms with Gasteiger partial charge in [-0.2, -0.15) is 0 Å². The molecular weight excluding hydrogens is 605 g/mol. The fourth-order valence-corrected chi connectivity index (χ4v) is 6.53. The van der Waals surface area contributed by atoms with Gasteiger partial charge < -0.3 is 5.41 Å². The van der Waals surface area contributed by atoms with Crippen molar-refractivity contribution >= 4 is 22.1 Å². The quantitative estimate of drug-likeness (QED) is 0.165. The molecule has 0 atom stereocenters. The molecule has 0 saturated heterocycles. The molecule has 0 saturated carbocycles. The molecule has 0 aliphatic rings. The number of nitrogens with one attached hydrogen (secondary N) is 1. The molecule has 2 nitrogen and oxygen atoms in total. The van der Waals surface area contributed by atoms with Crippen LogP contribution >= 0.6 is 0 Å². The number of hydrogen-bond acceptors (Lipinski definition) is 2. The number of benzene rings is 7. The maximum Gasteiger partial charge on any atom is 0.0715 e. The lowest BCUT2D eigenvalue weighted by molar-refractivity contribution is 1.32. The molecule has 8 aromatic rings. The van der Waals surface area contributed by atoms with Gasteiger partial charge in [0.2, 0.25) is 0 Å². The van der Waals surface area contributed by atoms with E-state index < -0.39 is 0 Å². The van der Waals surface area contributed by atoms with Crippen molar-refractivity contribution in [3.8, 4) is 44.8 Å². The number of fused-ring (bicyclic) bond motifs is 1. The molecule has 7 aromatic carbocycles. The van der Waals surface area contributed by atoms with Crippen LogP contribution in [0.25, 0.3) is 61.1 Å². The van der Waals surface area contributed by atoms with Gasteiger partial charge in [0.05, 0.1) is 17.1 Å². The first kappa shape index (κ1) is 30.7. The molecule has 0 radical (unpaired) electrons. The topological polar surface area (TPSA) is 36.7 Å². The largest absolute Gasteiger partial charge is 0.300 e. The predicted molar refractivity (Wildman–Crippen MR) is 210 cm³/mol. The summed E-state index contributed by atoms with van der Waals surface area (Å²) >= 11 is 0. The zero-order valence-corrected chi connectivity index (χ0v) is 27.5. The molecule has 50 heavy (non-hydrogen) atoms. The first-order valence-corrected chi connectivity index (χ1v) is 16.9. The number of allylic oxidation sites excluding steroid dienone is 1. The fraction of sp³-hybridized carbons (Fsp3) is 0. The van der Waals surface area contributed by atoms with Crippen molar-refractivity contribution in [2.24, 2.45) is 0 Å². The molecule has 8 rings (SSSR count). The molecule has 1 aromatic heterocycles. The Balaban J connectivity index is 1.27. The van der Waals surface area contributed by atoms with Gasteiger partial charge in [-0.3, -0.25) is 0 Å². The maximum absolute atomic E-state index is 9.03. The zero-order valence-electron chi connectivity index (χ0n) is 27.5. The van der Waals surface area contributed by atoms with E-state index >= 15 is 0 Å². The van der Waals surface area contributed by atoms with E-state index in [1.807, 2.05) is 54.6 Å². The predicted octanol–water partition coefficient (Wildman–Crippen LogP) is 12.4. The highest BCUT2D eigenvalue weighted by Crippen LogP contribution is 2.36. The van der Waals surface area contributed by atoms with Gasteiger partial charge in [-0.1, -0.05) is 176 Å². The third-order valence-corrected chi connectivity index (χ3v) is 9.15. The minimum Gasteiger partial charge on any atom is -0.300 e. The molecule has 2 heteroatoms. The molecule has 0 spiro atoms. The standard InChI is InChI=1S/C48H34N2/c49-46(38-18-9-3-10-19-38)33-45(36-16-7-2-8-17-36)43-23-13-22-37-26-29-41(30-44(37)43)42-31-47(39-20-11-4-12-21-39)50-48(32-42)40-27-24-35(25-28-40)34-14-5-1-6-15-34/h1-33,49H/b45-33-,49-46?. The van der Waals surface area contributed by atoms with Crippen molar-refractivity contribution in [3.63, 3.8) is 0 Å². The van der Waals surface area contributed by atoms with Crippen molar-refractivity contribution in [2.75, 3.05) is 0 Å². The van der Waals surface area contributed by atoms with Crippen LogP contribution in [0.2, 0.25) is 0 Å². The Morgan fingerprint density at radius 1 is 0.400 bits per heavy atom. The molecule has 0 bridgehead atoms. The molecule has 0 fully saturated rings. The molecule has 1 heterocycles. The summed E-state index contributed by atoms with van der Waals surface area (Å²) in [6, 6.07) is 67.4. The van der Waals surface area contributed by atoms with Crippen LogP contribution in [0, 0.1) is 5.41 Å². The Bertz CT molecular complexity index is 2450. The van der Waals surface area contributed by atoms with Crippen LogP contribution in [0.4, 0.5) is 0 Å². The molecule has 0 amide bonds. The number of nitrogens with zero attached hydrogens (tertiary/aromatic N) is 1. The second kappa shape index (κ2) is 13.8. The fourth-order valence-electron chi connectivity index (χ4n) is 6.53. The van der Waals surface area contributed by atoms with Gasteiger partial charge in [-0.25, -0.2) is 4.98 Å². The second-order valence-electron chi connectivity index (χ2n) is 12.4. The van der Waals surface area contributed by atoms with Crippen LogP contribution < -0.4 is 0 Å². The SMILES string of the molecule is N=C(/C=C(/c1ccccc1)c1cccc2ccc(-c3cc(-c4ccccc4)nc(-c4ccc(-c5ccccc5)cc4)c3)cc12)c1ccccc1. The van der Waals surface area contributed by atoms with Crippen LogP contribution in [0.3, 0.4) is 0 Å². The van der Waals surface area contributed by atoms with Crippen LogP contribution in [0.5, 0.6) is 0 Å². The summed E-state index contributed by atoms with van der Waals surface area (Å²) in [6.07, 6.45) is 2.00. The smallest absolute Gasteiger partial charge is 0.0715 e. The third kappa shape index (κ3) is 6.43. The Kier molecular flexibility index (Phi) is 8.49. The van der Waals surface area contributed by atoms with Crippen LogP contribution in [0.1, 0.15) is 16.7 Å². The summed E-state index contributed by atoms with van der Waals surface area (Å²) in [7, 11) is 0. The Morgan fingerprint density at radius 2 is 0.900 bits per heavy atom. The molecule has 0 aliphatic carbocycles. The Hall–Kier alpha value is -6.64. The third-order valence-electron chi connectivity index (χ3n) is 9.15. The molecular formula is C48H34N2. The zero-order chi connectivity index (χ0) is 33.7. The van der Waals surface area contributed by atoms with Crippen molar-refractivity contribution < 1.29 is 0 Å². The molecule has 0 unspecified atom stereocenters. The first-order chi connectivity index (χ1) is 24.7. The Morgan fingerprint density at radius 3 is 1.54 bits per heavy atom. The highest BCUT2D eigenvalue weighted by atomic mass is 14.7. The van der Waals surface area contributed by atoms with Gasteiger partial charge in [0.1, 0.15) is 0 Å². The van der Waals surface area contributed by atoms with E-state index in [2.05, 4.69) is 146 Å². The number of rotatable bonds is 8. The average molecular weight is 639 g/mol. The summed E-state index contributed by atoms with van der Waals surface area (Å²) in [5.41, 5.74) is 13.1. The lowest BCUT2D eigenvalue weighted by Gasteiger charge is -2.15. The van der Waals surface area contributed by atoms with E-state index in [1.54, 1.807) is 0 Å². The molecule has 1 N–H and O–H groups in total. The lowest BCUT2D eigenvalue weighted by atomic mass is 9.89. The highest BCUT2D eigenvalue weighted by Gasteiger charge is 2.14. The van der Waals surface area contributed by atoms with E-state index in [9.17, 15) is 0 Å². The van der Waals surface area contributed by atoms with Crippen molar-refractivity contribution in [1.29, 1.82) is 5.41 Å². The van der Waals surface area contributed by atoms with Gasteiger partial charge >= 0.3 is 0 Å². The first-order valence-electron chi connectivity index (χ1n) is 16.9. The normalized spacial score (nSPS) is 11.4. The van der Waals surface area contributed by atoms with Crippen molar-refractivity contribution in [3.05, 3.63) is 217 Å². The lowest BCUT2D eigenvalue weighted by Crippen LogP contribution is -1.98. The van der Waals surface area contributed by atoms with E-state index in [4.69, 9.17) is 10.4 Å². The molecule has 0 aliphatic heterocycles. The summed E-state index contributed by atoms with van der Waals surface area (Å²) in [6.45, 7) is 0. The van der Waals surface area contributed by atoms with Crippen LogP contribution in [-0.4, -0.2) is 10.7 Å².